The molecule has 2 heterocycles. The van der Waals surface area contributed by atoms with Crippen LogP contribution >= 0.6 is 11.3 Å². The minimum atomic E-state index is -4.57. The number of benzene rings is 1. The van der Waals surface area contributed by atoms with Crippen molar-refractivity contribution in [2.24, 2.45) is 11.3 Å². The van der Waals surface area contributed by atoms with Gasteiger partial charge in [0.2, 0.25) is 5.95 Å². The number of hydrogen-bond acceptors (Lipinski definition) is 7. The summed E-state index contributed by atoms with van der Waals surface area (Å²) in [7, 11) is 0. The number of carbonyl (C=O) groups is 1. The molecule has 11 heteroatoms. The van der Waals surface area contributed by atoms with E-state index in [9.17, 15) is 28.2 Å². The number of hydrogen-bond donors (Lipinski definition) is 3. The van der Waals surface area contributed by atoms with Gasteiger partial charge < -0.3 is 15.5 Å². The van der Waals surface area contributed by atoms with Crippen molar-refractivity contribution in [1.29, 1.82) is 0 Å². The van der Waals surface area contributed by atoms with Gasteiger partial charge in [-0.1, -0.05) is 26.8 Å². The number of halogens is 3. The molecular weight excluding hydrogens is 493 g/mol. The molecule has 1 saturated carbocycles. The molecule has 36 heavy (non-hydrogen) atoms. The lowest BCUT2D eigenvalue weighted by Gasteiger charge is -2.48. The molecule has 1 aromatic carbocycles. The normalized spacial score (nSPS) is 23.9. The Morgan fingerprint density at radius 3 is 2.58 bits per heavy atom. The summed E-state index contributed by atoms with van der Waals surface area (Å²) in [5.41, 5.74) is -0.0939. The molecule has 1 aliphatic rings. The minimum Gasteiger partial charge on any atom is -0.481 e. The van der Waals surface area contributed by atoms with Gasteiger partial charge in [-0.15, -0.1) is 11.3 Å². The number of thiazole rings is 1. The maximum atomic E-state index is 13.0. The molecule has 0 spiro atoms. The second kappa shape index (κ2) is 9.11. The molecule has 192 valence electrons. The third kappa shape index (κ3) is 5.08. The van der Waals surface area contributed by atoms with Gasteiger partial charge in [0, 0.05) is 23.5 Å². The van der Waals surface area contributed by atoms with E-state index >= 15 is 0 Å². The molecular formula is C25H27F3N4O3S. The Hall–Kier alpha value is -3.05. The van der Waals surface area contributed by atoms with E-state index in [1.807, 2.05) is 33.8 Å². The number of aliphatic hydroxyl groups excluding tert-OH is 1. The number of aryl methyl sites for hydroxylation is 1. The van der Waals surface area contributed by atoms with Crippen LogP contribution in [0.5, 0.6) is 0 Å². The van der Waals surface area contributed by atoms with Crippen LogP contribution in [0, 0.1) is 18.3 Å². The molecule has 1 aliphatic carbocycles. The van der Waals surface area contributed by atoms with Crippen LogP contribution in [-0.2, 0) is 16.4 Å². The molecule has 3 N–H and O–H groups in total. The Morgan fingerprint density at radius 2 is 1.92 bits per heavy atom. The first-order valence-electron chi connectivity index (χ1n) is 11.4. The molecule has 0 amide bonds. The monoisotopic (exact) mass is 520 g/mol. The number of aromatic nitrogens is 3. The van der Waals surface area contributed by atoms with Crippen LogP contribution in [0.1, 0.15) is 49.9 Å². The fourth-order valence-electron chi connectivity index (χ4n) is 5.02. The van der Waals surface area contributed by atoms with Gasteiger partial charge in [0.1, 0.15) is 10.7 Å². The SMILES string of the molecule is Cc1cc(Nc2nccc(C(F)(F)F)n2)cc(-c2cnc([C@@]3(C)CC(C)(C)[C@@H](C(=O)O)C[C@@H]3O)s2)c1. The molecule has 0 radical (unpaired) electrons. The van der Waals surface area contributed by atoms with Crippen molar-refractivity contribution in [1.82, 2.24) is 15.0 Å². The molecule has 2 aromatic heterocycles. The van der Waals surface area contributed by atoms with Crippen molar-refractivity contribution >= 4 is 28.9 Å². The average Bonchev–Trinajstić information content (AvgIpc) is 3.26. The van der Waals surface area contributed by atoms with Gasteiger partial charge in [-0.3, -0.25) is 4.79 Å². The summed E-state index contributed by atoms with van der Waals surface area (Å²) < 4.78 is 39.0. The number of aliphatic carboxylic acids is 1. The van der Waals surface area contributed by atoms with E-state index in [1.165, 1.54) is 11.3 Å². The largest absolute Gasteiger partial charge is 0.481 e. The zero-order valence-corrected chi connectivity index (χ0v) is 21.0. The van der Waals surface area contributed by atoms with Crippen LogP contribution in [0.25, 0.3) is 10.4 Å². The Balaban J connectivity index is 1.62. The van der Waals surface area contributed by atoms with Gasteiger partial charge in [0.25, 0.3) is 0 Å². The lowest BCUT2D eigenvalue weighted by molar-refractivity contribution is -0.153. The Bertz CT molecular complexity index is 1290. The highest BCUT2D eigenvalue weighted by molar-refractivity contribution is 7.15. The Labute approximate surface area is 210 Å². The molecule has 0 saturated heterocycles. The summed E-state index contributed by atoms with van der Waals surface area (Å²) in [6.45, 7) is 7.58. The van der Waals surface area contributed by atoms with E-state index in [1.54, 1.807) is 18.3 Å². The van der Waals surface area contributed by atoms with Crippen LogP contribution in [0.15, 0.2) is 36.7 Å². The van der Waals surface area contributed by atoms with Crippen molar-refractivity contribution < 1.29 is 28.2 Å². The fourth-order valence-corrected chi connectivity index (χ4v) is 6.11. The Morgan fingerprint density at radius 1 is 1.19 bits per heavy atom. The topological polar surface area (TPSA) is 108 Å². The van der Waals surface area contributed by atoms with E-state index in [0.717, 1.165) is 28.3 Å². The number of alkyl halides is 3. The summed E-state index contributed by atoms with van der Waals surface area (Å²) in [4.78, 5) is 24.6. The van der Waals surface area contributed by atoms with E-state index < -0.39 is 40.7 Å². The molecule has 0 unspecified atom stereocenters. The predicted octanol–water partition coefficient (Wildman–Crippen LogP) is 5.81. The first-order chi connectivity index (χ1) is 16.7. The number of rotatable bonds is 5. The summed E-state index contributed by atoms with van der Waals surface area (Å²) in [5, 5.41) is 24.1. The van der Waals surface area contributed by atoms with Gasteiger partial charge in [-0.2, -0.15) is 13.2 Å². The molecule has 7 nitrogen and oxygen atoms in total. The first-order valence-corrected chi connectivity index (χ1v) is 12.2. The maximum Gasteiger partial charge on any atom is 0.433 e. The minimum absolute atomic E-state index is 0.142. The van der Waals surface area contributed by atoms with Crippen LogP contribution in [0.3, 0.4) is 0 Å². The lowest BCUT2D eigenvalue weighted by Crippen LogP contribution is -2.51. The van der Waals surface area contributed by atoms with Gasteiger partial charge in [0.15, 0.2) is 0 Å². The number of nitrogens with zero attached hydrogens (tertiary/aromatic N) is 3. The third-order valence-corrected chi connectivity index (χ3v) is 8.14. The van der Waals surface area contributed by atoms with E-state index in [0.29, 0.717) is 17.1 Å². The predicted molar refractivity (Wildman–Crippen MR) is 130 cm³/mol. The highest BCUT2D eigenvalue weighted by atomic mass is 32.1. The Kier molecular flexibility index (Phi) is 6.59. The van der Waals surface area contributed by atoms with Gasteiger partial charge in [0.05, 0.1) is 16.9 Å². The van der Waals surface area contributed by atoms with Crippen LogP contribution in [0.4, 0.5) is 24.8 Å². The quantitative estimate of drug-likeness (QED) is 0.390. The summed E-state index contributed by atoms with van der Waals surface area (Å²) in [6.07, 6.45) is -2.08. The second-order valence-corrected chi connectivity index (χ2v) is 11.3. The van der Waals surface area contributed by atoms with Crippen LogP contribution in [0.2, 0.25) is 0 Å². The van der Waals surface area contributed by atoms with Crippen molar-refractivity contribution in [3.05, 3.63) is 52.9 Å². The molecule has 0 aliphatic heterocycles. The highest BCUT2D eigenvalue weighted by Crippen LogP contribution is 2.52. The highest BCUT2D eigenvalue weighted by Gasteiger charge is 2.52. The van der Waals surface area contributed by atoms with E-state index in [2.05, 4.69) is 20.3 Å². The smallest absolute Gasteiger partial charge is 0.433 e. The summed E-state index contributed by atoms with van der Waals surface area (Å²) >= 11 is 1.41. The van der Waals surface area contributed by atoms with Crippen molar-refractivity contribution in [2.75, 3.05) is 5.32 Å². The number of carboxylic acid groups (broad SMARTS) is 1. The summed E-state index contributed by atoms with van der Waals surface area (Å²) in [6, 6.07) is 6.29. The molecule has 4 rings (SSSR count). The van der Waals surface area contributed by atoms with Gasteiger partial charge in [-0.05, 0) is 54.5 Å². The first kappa shape index (κ1) is 26.0. The lowest BCUT2D eigenvalue weighted by atomic mass is 9.58. The molecule has 0 bridgehead atoms. The van der Waals surface area contributed by atoms with Gasteiger partial charge in [-0.25, -0.2) is 15.0 Å². The number of nitrogens with one attached hydrogen (secondary N) is 1. The zero-order chi connectivity index (χ0) is 26.5. The van der Waals surface area contributed by atoms with E-state index in [4.69, 9.17) is 0 Å². The second-order valence-electron chi connectivity index (χ2n) is 10.2. The standard InChI is InChI=1S/C25H27F3N4O3S/c1-13-7-14(9-15(8-13)31-22-29-6-5-18(32-22)25(26,27)28)17-11-30-21(36-17)24(4)12-23(2,3)16(20(34)35)10-19(24)33/h5-9,11,16,19,33H,10,12H2,1-4H3,(H,34,35)(H,29,31,32)/t16-,19+,24+/m1/s1. The van der Waals surface area contributed by atoms with E-state index in [-0.39, 0.29) is 12.4 Å². The zero-order valence-electron chi connectivity index (χ0n) is 20.2. The summed E-state index contributed by atoms with van der Waals surface area (Å²) in [5.74, 6) is -1.73. The number of carboxylic acids is 1. The van der Waals surface area contributed by atoms with Crippen molar-refractivity contribution in [3.8, 4) is 10.4 Å². The molecule has 3 atom stereocenters. The van der Waals surface area contributed by atoms with Crippen molar-refractivity contribution in [3.63, 3.8) is 0 Å². The van der Waals surface area contributed by atoms with Crippen LogP contribution < -0.4 is 5.32 Å². The van der Waals surface area contributed by atoms with Crippen molar-refractivity contribution in [2.45, 2.75) is 58.2 Å². The number of aliphatic hydroxyl groups is 1. The average molecular weight is 521 g/mol. The molecule has 3 aromatic rings. The van der Waals surface area contributed by atoms with Gasteiger partial charge >= 0.3 is 12.1 Å². The third-order valence-electron chi connectivity index (χ3n) is 6.82. The molecule has 1 fully saturated rings. The maximum absolute atomic E-state index is 13.0. The number of anilines is 2. The fraction of sp³-hybridized carbons (Fsp3) is 0.440. The van der Waals surface area contributed by atoms with Crippen LogP contribution in [-0.4, -0.2) is 37.2 Å².